The first kappa shape index (κ1) is 16.3. The van der Waals surface area contributed by atoms with Crippen molar-refractivity contribution < 1.29 is 4.79 Å². The van der Waals surface area contributed by atoms with Crippen molar-refractivity contribution in [3.05, 3.63) is 6.33 Å². The smallest absolute Gasteiger partial charge is 0.246 e. The number of hydrogen-bond acceptors (Lipinski definition) is 6. The average Bonchev–Trinajstić information content (AvgIpc) is 3.07. The van der Waals surface area contributed by atoms with E-state index in [0.717, 1.165) is 58.5 Å². The number of piperazine rings is 1. The highest BCUT2D eigenvalue weighted by Gasteiger charge is 2.27. The predicted molar refractivity (Wildman–Crippen MR) is 85.7 cm³/mol. The number of amides is 1. The molecule has 0 saturated carbocycles. The lowest BCUT2D eigenvalue weighted by atomic mass is 9.98. The van der Waals surface area contributed by atoms with Gasteiger partial charge in [-0.1, -0.05) is 0 Å². The maximum absolute atomic E-state index is 12.5. The maximum atomic E-state index is 12.5. The second-order valence-corrected chi connectivity index (χ2v) is 6.64. The highest BCUT2D eigenvalue weighted by atomic mass is 16.2. The number of piperidine rings is 1. The molecular weight excluding hydrogens is 294 g/mol. The van der Waals surface area contributed by atoms with Crippen LogP contribution in [-0.4, -0.2) is 93.2 Å². The van der Waals surface area contributed by atoms with Gasteiger partial charge >= 0.3 is 0 Å². The highest BCUT2D eigenvalue weighted by Crippen LogP contribution is 2.20. The summed E-state index contributed by atoms with van der Waals surface area (Å²) < 4.78 is 0. The number of rotatable bonds is 5. The van der Waals surface area contributed by atoms with Crippen LogP contribution < -0.4 is 0 Å². The van der Waals surface area contributed by atoms with Crippen LogP contribution >= 0.6 is 0 Å². The van der Waals surface area contributed by atoms with Crippen molar-refractivity contribution in [3.8, 4) is 0 Å². The zero-order chi connectivity index (χ0) is 16.1. The van der Waals surface area contributed by atoms with Crippen molar-refractivity contribution in [2.45, 2.75) is 38.3 Å². The van der Waals surface area contributed by atoms with E-state index in [0.29, 0.717) is 6.04 Å². The van der Waals surface area contributed by atoms with Crippen molar-refractivity contribution in [1.82, 2.24) is 34.9 Å². The number of likely N-dealkylation sites (N-methyl/N-ethyl adjacent to an activating group) is 1. The van der Waals surface area contributed by atoms with Gasteiger partial charge in [-0.25, -0.2) is 0 Å². The van der Waals surface area contributed by atoms with Gasteiger partial charge in [0.05, 0.1) is 0 Å². The lowest BCUT2D eigenvalue weighted by Gasteiger charge is -2.38. The van der Waals surface area contributed by atoms with Crippen LogP contribution in [0.3, 0.4) is 0 Å². The number of carbonyl (C=O) groups is 1. The fraction of sp³-hybridized carbons (Fsp3) is 0.867. The van der Waals surface area contributed by atoms with Crippen LogP contribution in [0.4, 0.5) is 0 Å². The molecule has 2 aliphatic rings. The molecule has 2 fully saturated rings. The summed E-state index contributed by atoms with van der Waals surface area (Å²) in [6.45, 7) is 6.71. The summed E-state index contributed by atoms with van der Waals surface area (Å²) in [5.41, 5.74) is 0. The van der Waals surface area contributed by atoms with Gasteiger partial charge in [0.25, 0.3) is 0 Å². The number of nitrogens with zero attached hydrogens (tertiary/aromatic N) is 7. The van der Waals surface area contributed by atoms with Crippen LogP contribution in [0.25, 0.3) is 0 Å². The van der Waals surface area contributed by atoms with Gasteiger partial charge in [0.1, 0.15) is 6.54 Å². The minimum absolute atomic E-state index is 0.117. The van der Waals surface area contributed by atoms with Crippen molar-refractivity contribution >= 4 is 5.91 Å². The number of carbonyl (C=O) groups excluding carboxylic acids is 1. The summed E-state index contributed by atoms with van der Waals surface area (Å²) in [5, 5.41) is 11.4. The average molecular weight is 321 g/mol. The number of aromatic nitrogens is 4. The standard InChI is InChI=1S/C15H27N7O/c1-19-8-10-20(11-9-19)7-5-14-4-2-3-6-21(14)15(23)12-22-17-13-16-18-22/h13-14H,2-12H2,1H3/t14-/m1/s1. The van der Waals surface area contributed by atoms with E-state index in [1.165, 1.54) is 17.5 Å². The van der Waals surface area contributed by atoms with Crippen LogP contribution in [0.2, 0.25) is 0 Å². The van der Waals surface area contributed by atoms with Crippen molar-refractivity contribution in [3.63, 3.8) is 0 Å². The molecule has 8 heteroatoms. The fourth-order valence-corrected chi connectivity index (χ4v) is 3.50. The van der Waals surface area contributed by atoms with E-state index in [2.05, 4.69) is 32.3 Å². The minimum atomic E-state index is 0.117. The lowest BCUT2D eigenvalue weighted by Crippen LogP contribution is -2.49. The first-order chi connectivity index (χ1) is 11.2. The third-order valence-electron chi connectivity index (χ3n) is 4.99. The Morgan fingerprint density at radius 2 is 2.00 bits per heavy atom. The molecule has 3 heterocycles. The Morgan fingerprint density at radius 1 is 1.17 bits per heavy atom. The van der Waals surface area contributed by atoms with Gasteiger partial charge in [0.2, 0.25) is 5.91 Å². The van der Waals surface area contributed by atoms with Gasteiger partial charge in [-0.05, 0) is 37.9 Å². The monoisotopic (exact) mass is 321 g/mol. The van der Waals surface area contributed by atoms with Crippen LogP contribution in [0.5, 0.6) is 0 Å². The Labute approximate surface area is 137 Å². The largest absolute Gasteiger partial charge is 0.338 e. The third kappa shape index (κ3) is 4.48. The lowest BCUT2D eigenvalue weighted by molar-refractivity contribution is -0.136. The molecule has 0 radical (unpaired) electrons. The Kier molecular flexibility index (Phi) is 5.56. The van der Waals surface area contributed by atoms with E-state index in [1.54, 1.807) is 0 Å². The van der Waals surface area contributed by atoms with Gasteiger partial charge in [-0.15, -0.1) is 10.2 Å². The van der Waals surface area contributed by atoms with E-state index in [9.17, 15) is 4.79 Å². The summed E-state index contributed by atoms with van der Waals surface area (Å²) in [6.07, 6.45) is 5.87. The summed E-state index contributed by atoms with van der Waals surface area (Å²) in [5.74, 6) is 0.117. The maximum Gasteiger partial charge on any atom is 0.246 e. The normalized spacial score (nSPS) is 24.0. The molecule has 1 atom stereocenters. The SMILES string of the molecule is CN1CCN(CC[C@H]2CCCCN2C(=O)Cn2ncnn2)CC1. The number of hydrogen-bond donors (Lipinski definition) is 0. The molecule has 128 valence electrons. The van der Waals surface area contributed by atoms with Crippen LogP contribution in [0.1, 0.15) is 25.7 Å². The van der Waals surface area contributed by atoms with Gasteiger partial charge in [0.15, 0.2) is 6.33 Å². The van der Waals surface area contributed by atoms with Crippen LogP contribution in [0.15, 0.2) is 6.33 Å². The van der Waals surface area contributed by atoms with Gasteiger partial charge in [-0.3, -0.25) is 4.79 Å². The number of tetrazole rings is 1. The molecule has 0 unspecified atom stereocenters. The first-order valence-corrected chi connectivity index (χ1v) is 8.63. The van der Waals surface area contributed by atoms with E-state index in [4.69, 9.17) is 0 Å². The molecule has 1 aromatic rings. The zero-order valence-electron chi connectivity index (χ0n) is 14.0. The van der Waals surface area contributed by atoms with Crippen molar-refractivity contribution in [2.24, 2.45) is 0 Å². The molecule has 0 N–H and O–H groups in total. The Bertz CT molecular complexity index is 484. The second-order valence-electron chi connectivity index (χ2n) is 6.64. The molecule has 3 rings (SSSR count). The highest BCUT2D eigenvalue weighted by molar-refractivity contribution is 5.76. The summed E-state index contributed by atoms with van der Waals surface area (Å²) in [7, 11) is 2.18. The van der Waals surface area contributed by atoms with Crippen LogP contribution in [-0.2, 0) is 11.3 Å². The fourth-order valence-electron chi connectivity index (χ4n) is 3.50. The summed E-state index contributed by atoms with van der Waals surface area (Å²) in [6, 6.07) is 0.361. The molecule has 0 aromatic carbocycles. The minimum Gasteiger partial charge on any atom is -0.338 e. The summed E-state index contributed by atoms with van der Waals surface area (Å²) >= 11 is 0. The van der Waals surface area contributed by atoms with Gasteiger partial charge in [0, 0.05) is 45.3 Å². The molecule has 23 heavy (non-hydrogen) atoms. The van der Waals surface area contributed by atoms with E-state index in [-0.39, 0.29) is 12.5 Å². The third-order valence-corrected chi connectivity index (χ3v) is 4.99. The molecule has 8 nitrogen and oxygen atoms in total. The topological polar surface area (TPSA) is 70.4 Å². The molecule has 0 bridgehead atoms. The predicted octanol–water partition coefficient (Wildman–Crippen LogP) is -0.308. The first-order valence-electron chi connectivity index (χ1n) is 8.63. The molecule has 2 aliphatic heterocycles. The summed E-state index contributed by atoms with van der Waals surface area (Å²) in [4.78, 5) is 20.9. The molecule has 1 aromatic heterocycles. The molecule has 0 aliphatic carbocycles. The van der Waals surface area contributed by atoms with E-state index in [1.807, 2.05) is 4.90 Å². The second kappa shape index (κ2) is 7.83. The van der Waals surface area contributed by atoms with Crippen LogP contribution in [0, 0.1) is 0 Å². The Hall–Kier alpha value is -1.54. The van der Waals surface area contributed by atoms with Crippen molar-refractivity contribution in [2.75, 3.05) is 46.3 Å². The molecular formula is C15H27N7O. The quantitative estimate of drug-likeness (QED) is 0.741. The zero-order valence-corrected chi connectivity index (χ0v) is 14.0. The van der Waals surface area contributed by atoms with Gasteiger partial charge in [-0.2, -0.15) is 4.80 Å². The molecule has 1 amide bonds. The Balaban J connectivity index is 1.50. The van der Waals surface area contributed by atoms with Crippen molar-refractivity contribution in [1.29, 1.82) is 0 Å². The molecule has 0 spiro atoms. The Morgan fingerprint density at radius 3 is 2.74 bits per heavy atom. The number of likely N-dealkylation sites (tertiary alicyclic amines) is 1. The van der Waals surface area contributed by atoms with E-state index < -0.39 is 0 Å². The van der Waals surface area contributed by atoms with Gasteiger partial charge < -0.3 is 14.7 Å². The van der Waals surface area contributed by atoms with E-state index >= 15 is 0 Å². The molecule has 2 saturated heterocycles.